The van der Waals surface area contributed by atoms with Gasteiger partial charge < -0.3 is 9.47 Å². The van der Waals surface area contributed by atoms with Gasteiger partial charge in [-0.3, -0.25) is 4.79 Å². The van der Waals surface area contributed by atoms with Crippen molar-refractivity contribution in [2.24, 2.45) is 5.10 Å². The summed E-state index contributed by atoms with van der Waals surface area (Å²) in [7, 11) is 0. The summed E-state index contributed by atoms with van der Waals surface area (Å²) in [5, 5.41) is 6.87. The largest absolute Gasteiger partial charge is 0.454 e. The fraction of sp³-hybridized carbons (Fsp3) is 0.263. The number of amides is 1. The van der Waals surface area contributed by atoms with Gasteiger partial charge in [0.25, 0.3) is 0 Å². The molecule has 2 aliphatic heterocycles. The number of hydrazone groups is 1. The minimum absolute atomic E-state index is 0.00399. The Morgan fingerprint density at radius 2 is 1.96 bits per heavy atom. The molecule has 0 aromatic heterocycles. The van der Waals surface area contributed by atoms with Crippen LogP contribution in [0.25, 0.3) is 0 Å². The van der Waals surface area contributed by atoms with Crippen molar-refractivity contribution in [1.29, 1.82) is 0 Å². The van der Waals surface area contributed by atoms with Crippen LogP contribution in [0.4, 0.5) is 0 Å². The maximum atomic E-state index is 12.4. The first-order valence-electron chi connectivity index (χ1n) is 8.20. The number of rotatable bonds is 3. The highest BCUT2D eigenvalue weighted by Crippen LogP contribution is 2.37. The van der Waals surface area contributed by atoms with Crippen LogP contribution >= 0.6 is 11.6 Å². The summed E-state index contributed by atoms with van der Waals surface area (Å²) in [6, 6.07) is 13.2. The molecule has 25 heavy (non-hydrogen) atoms. The van der Waals surface area contributed by atoms with Crippen molar-refractivity contribution >= 4 is 23.2 Å². The lowest BCUT2D eigenvalue weighted by Gasteiger charge is -2.21. The lowest BCUT2D eigenvalue weighted by Crippen LogP contribution is -2.26. The average Bonchev–Trinajstić information content (AvgIpc) is 3.28. The van der Waals surface area contributed by atoms with E-state index < -0.39 is 0 Å². The van der Waals surface area contributed by atoms with Crippen molar-refractivity contribution in [2.45, 2.75) is 25.8 Å². The summed E-state index contributed by atoms with van der Waals surface area (Å²) < 4.78 is 10.8. The standard InChI is InChI=1S/C19H17ClN2O3/c1-2-19(23)22-16(12-3-6-14(20)7-4-12)10-15(21-22)13-5-8-17-18(9-13)25-11-24-17/h3-9,16H,2,10-11H2,1H3. The van der Waals surface area contributed by atoms with E-state index in [1.54, 1.807) is 5.01 Å². The molecule has 2 aromatic rings. The van der Waals surface area contributed by atoms with Crippen LogP contribution in [0.3, 0.4) is 0 Å². The molecule has 6 heteroatoms. The molecule has 0 saturated carbocycles. The van der Waals surface area contributed by atoms with Gasteiger partial charge in [0.2, 0.25) is 12.7 Å². The van der Waals surface area contributed by atoms with Crippen LogP contribution in [-0.2, 0) is 4.79 Å². The maximum absolute atomic E-state index is 12.4. The van der Waals surface area contributed by atoms with Crippen LogP contribution in [0.15, 0.2) is 47.6 Å². The van der Waals surface area contributed by atoms with Gasteiger partial charge in [0.05, 0.1) is 11.8 Å². The van der Waals surface area contributed by atoms with E-state index in [4.69, 9.17) is 21.1 Å². The van der Waals surface area contributed by atoms with Gasteiger partial charge in [-0.05, 0) is 35.9 Å². The molecule has 1 atom stereocenters. The number of hydrogen-bond acceptors (Lipinski definition) is 4. The maximum Gasteiger partial charge on any atom is 0.242 e. The Kier molecular flexibility index (Phi) is 4.09. The Bertz CT molecular complexity index is 848. The first-order chi connectivity index (χ1) is 12.2. The third-order valence-corrected chi connectivity index (χ3v) is 4.68. The fourth-order valence-corrected chi connectivity index (χ4v) is 3.22. The number of nitrogens with zero attached hydrogens (tertiary/aromatic N) is 2. The molecule has 2 heterocycles. The summed E-state index contributed by atoms with van der Waals surface area (Å²) >= 11 is 5.99. The van der Waals surface area contributed by atoms with Crippen LogP contribution in [0, 0.1) is 0 Å². The molecule has 0 spiro atoms. The first kappa shape index (κ1) is 16.0. The highest BCUT2D eigenvalue weighted by atomic mass is 35.5. The molecule has 5 nitrogen and oxygen atoms in total. The minimum atomic E-state index is -0.120. The molecule has 0 aliphatic carbocycles. The number of fused-ring (bicyclic) bond motifs is 1. The Labute approximate surface area is 150 Å². The molecule has 1 amide bonds. The molecule has 4 rings (SSSR count). The molecule has 0 fully saturated rings. The number of benzene rings is 2. The van der Waals surface area contributed by atoms with Gasteiger partial charge in [-0.15, -0.1) is 0 Å². The third-order valence-electron chi connectivity index (χ3n) is 4.43. The van der Waals surface area contributed by atoms with Crippen molar-refractivity contribution in [1.82, 2.24) is 5.01 Å². The van der Waals surface area contributed by atoms with E-state index in [1.165, 1.54) is 0 Å². The second-order valence-electron chi connectivity index (χ2n) is 5.98. The summed E-state index contributed by atoms with van der Waals surface area (Å²) in [6.45, 7) is 2.08. The number of carbonyl (C=O) groups is 1. The predicted octanol–water partition coefficient (Wildman–Crippen LogP) is 4.16. The lowest BCUT2D eigenvalue weighted by molar-refractivity contribution is -0.132. The molecule has 0 N–H and O–H groups in total. The monoisotopic (exact) mass is 356 g/mol. The van der Waals surface area contributed by atoms with Gasteiger partial charge in [0, 0.05) is 23.4 Å². The van der Waals surface area contributed by atoms with Gasteiger partial charge in [-0.2, -0.15) is 5.10 Å². The van der Waals surface area contributed by atoms with Crippen molar-refractivity contribution in [3.05, 3.63) is 58.6 Å². The first-order valence-corrected chi connectivity index (χ1v) is 8.58. The van der Waals surface area contributed by atoms with Crippen LogP contribution in [0.1, 0.15) is 36.9 Å². The summed E-state index contributed by atoms with van der Waals surface area (Å²) in [4.78, 5) is 12.4. The van der Waals surface area contributed by atoms with Crippen LogP contribution < -0.4 is 9.47 Å². The van der Waals surface area contributed by atoms with Gasteiger partial charge in [-0.25, -0.2) is 5.01 Å². The zero-order chi connectivity index (χ0) is 17.4. The Morgan fingerprint density at radius 3 is 2.72 bits per heavy atom. The fourth-order valence-electron chi connectivity index (χ4n) is 3.10. The summed E-state index contributed by atoms with van der Waals surface area (Å²) in [5.74, 6) is 1.44. The van der Waals surface area contributed by atoms with Crippen LogP contribution in [-0.4, -0.2) is 23.4 Å². The highest BCUT2D eigenvalue weighted by Gasteiger charge is 2.32. The molecule has 2 aromatic carbocycles. The smallest absolute Gasteiger partial charge is 0.242 e. The zero-order valence-electron chi connectivity index (χ0n) is 13.7. The van der Waals surface area contributed by atoms with E-state index in [0.717, 1.165) is 22.6 Å². The van der Waals surface area contributed by atoms with Crippen LogP contribution in [0.5, 0.6) is 11.5 Å². The molecule has 1 unspecified atom stereocenters. The normalized spacial score (nSPS) is 18.4. The van der Waals surface area contributed by atoms with E-state index in [2.05, 4.69) is 5.10 Å². The zero-order valence-corrected chi connectivity index (χ0v) is 14.5. The van der Waals surface area contributed by atoms with Gasteiger partial charge >= 0.3 is 0 Å². The second-order valence-corrected chi connectivity index (χ2v) is 6.41. The Morgan fingerprint density at radius 1 is 1.20 bits per heavy atom. The van der Waals surface area contributed by atoms with Crippen LogP contribution in [0.2, 0.25) is 5.02 Å². The SMILES string of the molecule is CCC(=O)N1N=C(c2ccc3c(c2)OCO3)CC1c1ccc(Cl)cc1. The molecule has 0 bridgehead atoms. The third kappa shape index (κ3) is 2.96. The number of carbonyl (C=O) groups excluding carboxylic acids is 1. The highest BCUT2D eigenvalue weighted by molar-refractivity contribution is 6.30. The number of ether oxygens (including phenoxy) is 2. The quantitative estimate of drug-likeness (QED) is 0.829. The summed E-state index contributed by atoms with van der Waals surface area (Å²) in [6.07, 6.45) is 1.05. The Balaban J connectivity index is 1.67. The summed E-state index contributed by atoms with van der Waals surface area (Å²) in [5.41, 5.74) is 2.82. The topological polar surface area (TPSA) is 51.1 Å². The van der Waals surface area contributed by atoms with E-state index >= 15 is 0 Å². The molecule has 0 radical (unpaired) electrons. The van der Waals surface area contributed by atoms with E-state index in [-0.39, 0.29) is 18.7 Å². The van der Waals surface area contributed by atoms with Crippen molar-refractivity contribution in [3.8, 4) is 11.5 Å². The van der Waals surface area contributed by atoms with Gasteiger partial charge in [0.1, 0.15) is 0 Å². The minimum Gasteiger partial charge on any atom is -0.454 e. The molecule has 2 aliphatic rings. The predicted molar refractivity (Wildman–Crippen MR) is 95.0 cm³/mol. The van der Waals surface area contributed by atoms with Gasteiger partial charge in [0.15, 0.2) is 11.5 Å². The second kappa shape index (κ2) is 6.41. The van der Waals surface area contributed by atoms with E-state index in [9.17, 15) is 4.79 Å². The van der Waals surface area contributed by atoms with E-state index in [1.807, 2.05) is 49.4 Å². The van der Waals surface area contributed by atoms with Crippen molar-refractivity contribution < 1.29 is 14.3 Å². The molecular formula is C19H17ClN2O3. The van der Waals surface area contributed by atoms with Crippen molar-refractivity contribution in [2.75, 3.05) is 6.79 Å². The molecule has 128 valence electrons. The van der Waals surface area contributed by atoms with E-state index in [0.29, 0.717) is 23.6 Å². The number of hydrogen-bond donors (Lipinski definition) is 0. The Hall–Kier alpha value is -2.53. The molecular weight excluding hydrogens is 340 g/mol. The number of halogens is 1. The average molecular weight is 357 g/mol. The lowest BCUT2D eigenvalue weighted by atomic mass is 9.98. The van der Waals surface area contributed by atoms with Gasteiger partial charge in [-0.1, -0.05) is 30.7 Å². The van der Waals surface area contributed by atoms with Crippen molar-refractivity contribution in [3.63, 3.8) is 0 Å². The molecule has 0 saturated heterocycles.